The van der Waals surface area contributed by atoms with Crippen molar-refractivity contribution in [3.8, 4) is 17.2 Å². The second-order valence-electron chi connectivity index (χ2n) is 10.1. The molecule has 2 N–H and O–H groups in total. The lowest BCUT2D eigenvalue weighted by atomic mass is 9.79. The number of rotatable bonds is 11. The SMILES string of the molecule is COc1ccc([C@@H]2CCc3cc(O)ccc3C2)c(NCCCc2ccc(OCCN3CCC3)cc2)c1. The third kappa shape index (κ3) is 6.14. The van der Waals surface area contributed by atoms with Crippen molar-refractivity contribution in [3.05, 3.63) is 82.9 Å². The zero-order chi connectivity index (χ0) is 24.7. The lowest BCUT2D eigenvalue weighted by Crippen LogP contribution is -2.39. The van der Waals surface area contributed by atoms with Gasteiger partial charge in [-0.2, -0.15) is 0 Å². The maximum Gasteiger partial charge on any atom is 0.120 e. The average molecular weight is 487 g/mol. The molecule has 1 atom stereocenters. The summed E-state index contributed by atoms with van der Waals surface area (Å²) in [6, 6.07) is 20.8. The minimum atomic E-state index is 0.364. The van der Waals surface area contributed by atoms with E-state index in [0.29, 0.717) is 11.7 Å². The Hall–Kier alpha value is -3.18. The topological polar surface area (TPSA) is 54.0 Å². The molecule has 1 fully saturated rings. The Kier molecular flexibility index (Phi) is 7.97. The standard InChI is InChI=1S/C31H38N2O3/c1-35-29-13-14-30(26-8-7-25-21-27(34)10-9-24(25)20-26)31(22-29)32-15-2-4-23-5-11-28(12-6-23)36-19-18-33-16-3-17-33/h5-6,9-14,21-22,26,32,34H,2-4,7-8,15-20H2,1H3/t26-/m1/s1. The number of aromatic hydroxyl groups is 1. The van der Waals surface area contributed by atoms with E-state index in [0.717, 1.165) is 63.3 Å². The molecule has 3 aromatic rings. The van der Waals surface area contributed by atoms with Crippen LogP contribution >= 0.6 is 0 Å². The summed E-state index contributed by atoms with van der Waals surface area (Å²) in [5.74, 6) is 2.67. The van der Waals surface area contributed by atoms with Crippen LogP contribution in [-0.4, -0.2) is 49.9 Å². The molecule has 3 aromatic carbocycles. The second-order valence-corrected chi connectivity index (χ2v) is 10.1. The lowest BCUT2D eigenvalue weighted by molar-refractivity contribution is 0.147. The predicted octanol–water partition coefficient (Wildman–Crippen LogP) is 5.80. The Morgan fingerprint density at radius 3 is 2.58 bits per heavy atom. The minimum Gasteiger partial charge on any atom is -0.508 e. The third-order valence-electron chi connectivity index (χ3n) is 7.62. The molecule has 5 nitrogen and oxygen atoms in total. The molecule has 0 spiro atoms. The van der Waals surface area contributed by atoms with Crippen LogP contribution in [0.1, 0.15) is 47.4 Å². The molecule has 0 unspecified atom stereocenters. The van der Waals surface area contributed by atoms with Gasteiger partial charge in [0.1, 0.15) is 23.9 Å². The molecular formula is C31H38N2O3. The van der Waals surface area contributed by atoms with Crippen LogP contribution in [0.15, 0.2) is 60.7 Å². The van der Waals surface area contributed by atoms with E-state index >= 15 is 0 Å². The van der Waals surface area contributed by atoms with Crippen molar-refractivity contribution in [1.82, 2.24) is 4.90 Å². The van der Waals surface area contributed by atoms with Crippen molar-refractivity contribution in [2.45, 2.75) is 44.4 Å². The Bertz CT molecular complexity index is 1140. The van der Waals surface area contributed by atoms with Gasteiger partial charge in [0.25, 0.3) is 0 Å². The summed E-state index contributed by atoms with van der Waals surface area (Å²) in [5.41, 5.74) is 6.49. The van der Waals surface area contributed by atoms with Gasteiger partial charge in [0.15, 0.2) is 0 Å². The number of hydrogen-bond acceptors (Lipinski definition) is 5. The summed E-state index contributed by atoms with van der Waals surface area (Å²) >= 11 is 0. The Balaban J connectivity index is 1.14. The first kappa shape index (κ1) is 24.5. The molecule has 5 rings (SSSR count). The maximum absolute atomic E-state index is 9.82. The third-order valence-corrected chi connectivity index (χ3v) is 7.62. The molecule has 1 heterocycles. The number of anilines is 1. The fourth-order valence-corrected chi connectivity index (χ4v) is 5.34. The van der Waals surface area contributed by atoms with Gasteiger partial charge in [-0.3, -0.25) is 4.90 Å². The molecule has 0 saturated carbocycles. The predicted molar refractivity (Wildman–Crippen MR) is 146 cm³/mol. The molecule has 36 heavy (non-hydrogen) atoms. The van der Waals surface area contributed by atoms with Crippen LogP contribution in [0.2, 0.25) is 0 Å². The number of phenolic OH excluding ortho intramolecular Hbond substituents is 1. The summed E-state index contributed by atoms with van der Waals surface area (Å²) < 4.78 is 11.4. The first-order valence-electron chi connectivity index (χ1n) is 13.3. The number of aryl methyl sites for hydroxylation is 2. The Morgan fingerprint density at radius 1 is 0.972 bits per heavy atom. The maximum atomic E-state index is 9.82. The summed E-state index contributed by atoms with van der Waals surface area (Å²) in [5, 5.41) is 13.5. The zero-order valence-electron chi connectivity index (χ0n) is 21.3. The molecule has 2 aliphatic rings. The van der Waals surface area contributed by atoms with Crippen molar-refractivity contribution < 1.29 is 14.6 Å². The van der Waals surface area contributed by atoms with Gasteiger partial charge in [0.2, 0.25) is 0 Å². The number of phenols is 1. The van der Waals surface area contributed by atoms with Crippen molar-refractivity contribution in [3.63, 3.8) is 0 Å². The van der Waals surface area contributed by atoms with E-state index in [9.17, 15) is 5.11 Å². The van der Waals surface area contributed by atoms with Gasteiger partial charge in [-0.05, 0) is 110 Å². The average Bonchev–Trinajstić information content (AvgIpc) is 2.88. The second kappa shape index (κ2) is 11.7. The number of hydrogen-bond donors (Lipinski definition) is 2. The highest BCUT2D eigenvalue weighted by atomic mass is 16.5. The van der Waals surface area contributed by atoms with Gasteiger partial charge in [-0.25, -0.2) is 0 Å². The highest BCUT2D eigenvalue weighted by Gasteiger charge is 2.23. The van der Waals surface area contributed by atoms with Gasteiger partial charge in [-0.1, -0.05) is 24.3 Å². The van der Waals surface area contributed by atoms with Crippen LogP contribution in [0.25, 0.3) is 0 Å². The number of fused-ring (bicyclic) bond motifs is 1. The van der Waals surface area contributed by atoms with Gasteiger partial charge in [0, 0.05) is 24.8 Å². The van der Waals surface area contributed by atoms with E-state index < -0.39 is 0 Å². The fourth-order valence-electron chi connectivity index (χ4n) is 5.34. The van der Waals surface area contributed by atoms with Crippen LogP contribution in [-0.2, 0) is 19.3 Å². The van der Waals surface area contributed by atoms with E-state index in [1.54, 1.807) is 13.2 Å². The van der Waals surface area contributed by atoms with Crippen molar-refractivity contribution in [2.75, 3.05) is 45.2 Å². The normalized spacial score (nSPS) is 17.2. The minimum absolute atomic E-state index is 0.364. The molecule has 0 amide bonds. The van der Waals surface area contributed by atoms with Gasteiger partial charge in [0.05, 0.1) is 7.11 Å². The Morgan fingerprint density at radius 2 is 1.81 bits per heavy atom. The highest BCUT2D eigenvalue weighted by molar-refractivity contribution is 5.57. The summed E-state index contributed by atoms with van der Waals surface area (Å²) in [6.07, 6.45) is 6.49. The molecule has 0 aromatic heterocycles. The quantitative estimate of drug-likeness (QED) is 0.335. The summed E-state index contributed by atoms with van der Waals surface area (Å²) in [4.78, 5) is 2.42. The zero-order valence-corrected chi connectivity index (χ0v) is 21.3. The van der Waals surface area contributed by atoms with Crippen molar-refractivity contribution in [2.24, 2.45) is 0 Å². The molecule has 5 heteroatoms. The van der Waals surface area contributed by atoms with E-state index in [4.69, 9.17) is 9.47 Å². The largest absolute Gasteiger partial charge is 0.508 e. The molecule has 0 bridgehead atoms. The molecule has 1 aliphatic heterocycles. The molecular weight excluding hydrogens is 448 g/mol. The molecule has 0 radical (unpaired) electrons. The van der Waals surface area contributed by atoms with Crippen LogP contribution in [0, 0.1) is 0 Å². The van der Waals surface area contributed by atoms with Crippen LogP contribution < -0.4 is 14.8 Å². The molecule has 1 saturated heterocycles. The van der Waals surface area contributed by atoms with E-state index in [1.807, 2.05) is 6.07 Å². The lowest BCUT2D eigenvalue weighted by Gasteiger charge is -2.30. The van der Waals surface area contributed by atoms with Crippen LogP contribution in [0.4, 0.5) is 5.69 Å². The molecule has 1 aliphatic carbocycles. The summed E-state index contributed by atoms with van der Waals surface area (Å²) in [7, 11) is 1.72. The smallest absolute Gasteiger partial charge is 0.120 e. The first-order valence-corrected chi connectivity index (χ1v) is 13.3. The van der Waals surface area contributed by atoms with E-state index in [-0.39, 0.29) is 0 Å². The van der Waals surface area contributed by atoms with E-state index in [1.165, 1.54) is 47.5 Å². The number of nitrogens with zero attached hydrogens (tertiary/aromatic N) is 1. The number of nitrogens with one attached hydrogen (secondary N) is 1. The molecule has 190 valence electrons. The van der Waals surface area contributed by atoms with Gasteiger partial charge in [-0.15, -0.1) is 0 Å². The number of ether oxygens (including phenoxy) is 2. The monoisotopic (exact) mass is 486 g/mol. The number of benzene rings is 3. The fraction of sp³-hybridized carbons (Fsp3) is 0.419. The van der Waals surface area contributed by atoms with Gasteiger partial charge < -0.3 is 19.9 Å². The Labute approximate surface area is 215 Å². The van der Waals surface area contributed by atoms with Crippen LogP contribution in [0.3, 0.4) is 0 Å². The number of likely N-dealkylation sites (tertiary alicyclic amines) is 1. The van der Waals surface area contributed by atoms with Crippen molar-refractivity contribution >= 4 is 5.69 Å². The van der Waals surface area contributed by atoms with Crippen LogP contribution in [0.5, 0.6) is 17.2 Å². The van der Waals surface area contributed by atoms with Gasteiger partial charge >= 0.3 is 0 Å². The van der Waals surface area contributed by atoms with E-state index in [2.05, 4.69) is 58.7 Å². The first-order chi connectivity index (χ1) is 17.7. The summed E-state index contributed by atoms with van der Waals surface area (Å²) in [6.45, 7) is 5.13. The van der Waals surface area contributed by atoms with Crippen molar-refractivity contribution in [1.29, 1.82) is 0 Å². The highest BCUT2D eigenvalue weighted by Crippen LogP contribution is 2.38. The number of methoxy groups -OCH3 is 1.